The van der Waals surface area contributed by atoms with E-state index in [4.69, 9.17) is 11.6 Å². The Morgan fingerprint density at radius 2 is 2.00 bits per heavy atom. The van der Waals surface area contributed by atoms with E-state index in [1.165, 1.54) is 0 Å². The first-order valence-electron chi connectivity index (χ1n) is 4.91. The average molecular weight is 364 g/mol. The maximum atomic E-state index is 12.9. The quantitative estimate of drug-likeness (QED) is 0.806. The summed E-state index contributed by atoms with van der Waals surface area (Å²) in [6, 6.07) is 2.05. The molecule has 0 unspecified atom stereocenters. The van der Waals surface area contributed by atoms with Crippen molar-refractivity contribution in [3.05, 3.63) is 27.4 Å². The monoisotopic (exact) mass is 362 g/mol. The predicted octanol–water partition coefficient (Wildman–Crippen LogP) is 3.33. The van der Waals surface area contributed by atoms with Crippen LogP contribution >= 0.6 is 27.5 Å². The normalized spacial score (nSPS) is 11.5. The van der Waals surface area contributed by atoms with E-state index in [1.54, 1.807) is 0 Å². The van der Waals surface area contributed by atoms with Crippen LogP contribution in [0.5, 0.6) is 0 Å². The number of rotatable bonds is 4. The highest BCUT2D eigenvalue weighted by Gasteiger charge is 2.26. The molecular weight excluding hydrogens is 355 g/mol. The van der Waals surface area contributed by atoms with Gasteiger partial charge in [-0.25, -0.2) is 4.39 Å². The molecule has 1 aromatic rings. The van der Waals surface area contributed by atoms with Crippen molar-refractivity contribution < 1.29 is 22.4 Å². The molecule has 0 aliphatic carbocycles. The fraction of sp³-hybridized carbons (Fsp3) is 0.300. The van der Waals surface area contributed by atoms with Crippen LogP contribution in [0.1, 0.15) is 0 Å². The van der Waals surface area contributed by atoms with Crippen molar-refractivity contribution in [2.75, 3.05) is 18.4 Å². The van der Waals surface area contributed by atoms with Crippen LogP contribution in [0.2, 0.25) is 5.02 Å². The van der Waals surface area contributed by atoms with Crippen molar-refractivity contribution in [1.82, 2.24) is 5.32 Å². The first-order chi connectivity index (χ1) is 8.69. The summed E-state index contributed by atoms with van der Waals surface area (Å²) in [5.74, 6) is -1.33. The largest absolute Gasteiger partial charge is 0.401 e. The number of amides is 1. The number of alkyl halides is 3. The van der Waals surface area contributed by atoms with E-state index < -0.39 is 31.0 Å². The van der Waals surface area contributed by atoms with Gasteiger partial charge in [-0.3, -0.25) is 4.79 Å². The summed E-state index contributed by atoms with van der Waals surface area (Å²) in [5.41, 5.74) is 0.0990. The smallest absolute Gasteiger partial charge is 0.323 e. The van der Waals surface area contributed by atoms with Crippen molar-refractivity contribution in [2.24, 2.45) is 0 Å². The number of nitrogens with one attached hydrogen (secondary N) is 2. The van der Waals surface area contributed by atoms with Gasteiger partial charge < -0.3 is 10.6 Å². The Hall–Kier alpha value is -0.860. The number of carbonyl (C=O) groups is 1. The molecule has 3 nitrogen and oxygen atoms in total. The third kappa shape index (κ3) is 5.75. The molecule has 106 valence electrons. The molecular formula is C10H8BrClF4N2O. The molecule has 0 saturated heterocycles. The fourth-order valence-electron chi connectivity index (χ4n) is 1.16. The number of anilines is 1. The maximum Gasteiger partial charge on any atom is 0.401 e. The zero-order valence-electron chi connectivity index (χ0n) is 9.24. The second-order valence-electron chi connectivity index (χ2n) is 3.51. The van der Waals surface area contributed by atoms with Crippen molar-refractivity contribution in [1.29, 1.82) is 0 Å². The van der Waals surface area contributed by atoms with Gasteiger partial charge in [0.1, 0.15) is 5.82 Å². The van der Waals surface area contributed by atoms with Crippen LogP contribution in [-0.4, -0.2) is 25.2 Å². The molecule has 9 heteroatoms. The van der Waals surface area contributed by atoms with Crippen LogP contribution in [-0.2, 0) is 4.79 Å². The molecule has 0 saturated carbocycles. The predicted molar refractivity (Wildman–Crippen MR) is 66.7 cm³/mol. The van der Waals surface area contributed by atoms with E-state index in [0.717, 1.165) is 12.1 Å². The van der Waals surface area contributed by atoms with Crippen molar-refractivity contribution in [3.8, 4) is 0 Å². The summed E-state index contributed by atoms with van der Waals surface area (Å²) in [5, 5.41) is 4.14. The van der Waals surface area contributed by atoms with Gasteiger partial charge in [0, 0.05) is 4.47 Å². The first-order valence-corrected chi connectivity index (χ1v) is 6.08. The summed E-state index contributed by atoms with van der Waals surface area (Å²) in [6.45, 7) is -1.82. The van der Waals surface area contributed by atoms with Crippen LogP contribution in [0.15, 0.2) is 16.6 Å². The van der Waals surface area contributed by atoms with Crippen molar-refractivity contribution in [3.63, 3.8) is 0 Å². The molecule has 1 aromatic carbocycles. The third-order valence-electron chi connectivity index (χ3n) is 1.88. The number of carbonyl (C=O) groups excluding carboxylic acids is 1. The molecule has 0 heterocycles. The van der Waals surface area contributed by atoms with Crippen LogP contribution < -0.4 is 10.6 Å². The van der Waals surface area contributed by atoms with E-state index in [0.29, 0.717) is 0 Å². The SMILES string of the molecule is O=C(CNCC(F)(F)F)Nc1c(Cl)cc(F)cc1Br. The molecule has 0 aliphatic rings. The van der Waals surface area contributed by atoms with Crippen LogP contribution in [0.3, 0.4) is 0 Å². The van der Waals surface area contributed by atoms with Crippen molar-refractivity contribution in [2.45, 2.75) is 6.18 Å². The van der Waals surface area contributed by atoms with E-state index in [1.807, 2.05) is 5.32 Å². The Morgan fingerprint density at radius 1 is 1.37 bits per heavy atom. The molecule has 0 radical (unpaired) electrons. The molecule has 0 spiro atoms. The Labute approximate surface area is 119 Å². The number of hydrogen-bond donors (Lipinski definition) is 2. The van der Waals surface area contributed by atoms with E-state index in [-0.39, 0.29) is 15.2 Å². The van der Waals surface area contributed by atoms with Gasteiger partial charge in [0.05, 0.1) is 23.8 Å². The van der Waals surface area contributed by atoms with Gasteiger partial charge in [-0.15, -0.1) is 0 Å². The van der Waals surface area contributed by atoms with Gasteiger partial charge in [-0.2, -0.15) is 13.2 Å². The Kier molecular flexibility index (Phi) is 5.57. The lowest BCUT2D eigenvalue weighted by Crippen LogP contribution is -2.35. The van der Waals surface area contributed by atoms with Crippen LogP contribution in [0, 0.1) is 5.82 Å². The molecule has 1 rings (SSSR count). The Balaban J connectivity index is 2.58. The van der Waals surface area contributed by atoms with Gasteiger partial charge in [-0.1, -0.05) is 11.6 Å². The lowest BCUT2D eigenvalue weighted by Gasteiger charge is -2.11. The minimum atomic E-state index is -4.39. The van der Waals surface area contributed by atoms with Gasteiger partial charge in [-0.05, 0) is 28.1 Å². The highest BCUT2D eigenvalue weighted by Crippen LogP contribution is 2.31. The summed E-state index contributed by atoms with van der Waals surface area (Å²) in [4.78, 5) is 11.4. The van der Waals surface area contributed by atoms with E-state index >= 15 is 0 Å². The Morgan fingerprint density at radius 3 is 2.53 bits per heavy atom. The zero-order chi connectivity index (χ0) is 14.6. The molecule has 0 aliphatic heterocycles. The summed E-state index contributed by atoms with van der Waals surface area (Å²) in [6.07, 6.45) is -4.39. The minimum absolute atomic E-state index is 0.0592. The number of benzene rings is 1. The summed E-state index contributed by atoms with van der Waals surface area (Å²) < 4.78 is 48.6. The minimum Gasteiger partial charge on any atom is -0.323 e. The average Bonchev–Trinajstić information content (AvgIpc) is 2.21. The second-order valence-corrected chi connectivity index (χ2v) is 4.77. The van der Waals surface area contributed by atoms with Gasteiger partial charge in [0.25, 0.3) is 0 Å². The summed E-state index contributed by atoms with van der Waals surface area (Å²) in [7, 11) is 0. The molecule has 0 bridgehead atoms. The second kappa shape index (κ2) is 6.53. The van der Waals surface area contributed by atoms with Crippen LogP contribution in [0.4, 0.5) is 23.2 Å². The molecule has 0 atom stereocenters. The number of halogens is 6. The fourth-order valence-corrected chi connectivity index (χ4v) is 2.06. The van der Waals surface area contributed by atoms with Gasteiger partial charge >= 0.3 is 6.18 Å². The maximum absolute atomic E-state index is 12.9. The lowest BCUT2D eigenvalue weighted by molar-refractivity contribution is -0.126. The molecule has 19 heavy (non-hydrogen) atoms. The van der Waals surface area contributed by atoms with Crippen LogP contribution in [0.25, 0.3) is 0 Å². The highest BCUT2D eigenvalue weighted by molar-refractivity contribution is 9.10. The standard InChI is InChI=1S/C10H8BrClF4N2O/c11-6-1-5(13)2-7(12)9(6)18-8(19)3-17-4-10(14,15)16/h1-2,17H,3-4H2,(H,18,19). The van der Waals surface area contributed by atoms with Gasteiger partial charge in [0.15, 0.2) is 0 Å². The zero-order valence-corrected chi connectivity index (χ0v) is 11.6. The molecule has 0 aromatic heterocycles. The third-order valence-corrected chi connectivity index (χ3v) is 2.81. The summed E-state index contributed by atoms with van der Waals surface area (Å²) >= 11 is 8.69. The van der Waals surface area contributed by atoms with E-state index in [2.05, 4.69) is 21.2 Å². The topological polar surface area (TPSA) is 41.1 Å². The lowest BCUT2D eigenvalue weighted by atomic mass is 10.3. The van der Waals surface area contributed by atoms with Gasteiger partial charge in [0.2, 0.25) is 5.91 Å². The van der Waals surface area contributed by atoms with Crippen molar-refractivity contribution >= 4 is 39.1 Å². The first kappa shape index (κ1) is 16.2. The molecule has 0 fully saturated rings. The van der Waals surface area contributed by atoms with E-state index in [9.17, 15) is 22.4 Å². The molecule has 1 amide bonds. The Bertz CT molecular complexity index is 458. The molecule has 2 N–H and O–H groups in total. The highest BCUT2D eigenvalue weighted by atomic mass is 79.9. The number of hydrogen-bond acceptors (Lipinski definition) is 2.